The summed E-state index contributed by atoms with van der Waals surface area (Å²) in [6, 6.07) is 37.3. The molecule has 786 valence electrons. The summed E-state index contributed by atoms with van der Waals surface area (Å²) in [5, 5.41) is 0. The number of para-hydroxylation sites is 1. The van der Waals surface area contributed by atoms with Crippen LogP contribution in [-0.4, -0.2) is 201 Å². The van der Waals surface area contributed by atoms with E-state index < -0.39 is 130 Å². The number of ether oxygens (including phenoxy) is 12. The third kappa shape index (κ3) is 38.1. The number of aromatic amines is 4. The molecule has 0 saturated heterocycles. The second-order valence-corrected chi connectivity index (χ2v) is 43.0. The molecule has 1 fully saturated rings. The summed E-state index contributed by atoms with van der Waals surface area (Å²) in [4.78, 5) is 137. The number of fused-ring (bicyclic) bond motifs is 4. The van der Waals surface area contributed by atoms with Gasteiger partial charge in [-0.25, -0.2) is 39.1 Å². The van der Waals surface area contributed by atoms with Crippen molar-refractivity contribution in [2.24, 2.45) is 5.92 Å². The highest BCUT2D eigenvalue weighted by Gasteiger charge is 2.33. The molecule has 0 radical (unpaired) electrons. The molecular formula is C86H102Br4N20O32P4. The van der Waals surface area contributed by atoms with Crippen molar-refractivity contribution in [2.45, 2.75) is 118 Å². The van der Waals surface area contributed by atoms with Gasteiger partial charge in [-0.1, -0.05) is 144 Å². The number of H-pyrrole nitrogens is 4. The number of nitrogens with two attached hydrogens (primary N) is 4. The Balaban J connectivity index is 0.000000185. The number of hydrogen-bond acceptors (Lipinski definition) is 44. The van der Waals surface area contributed by atoms with Crippen LogP contribution in [0.4, 0.5) is 43.0 Å². The van der Waals surface area contributed by atoms with E-state index in [2.05, 4.69) is 124 Å². The molecule has 146 heavy (non-hydrogen) atoms. The van der Waals surface area contributed by atoms with Gasteiger partial charge >= 0.3 is 55.0 Å². The molecule has 8 aromatic heterocycles. The van der Waals surface area contributed by atoms with E-state index >= 15 is 0 Å². The number of carbonyl (C=O) groups excluding carboxylic acids is 4. The van der Waals surface area contributed by atoms with Gasteiger partial charge in [0, 0.05) is 44.1 Å². The fourth-order valence-electron chi connectivity index (χ4n) is 12.5. The lowest BCUT2D eigenvalue weighted by atomic mass is 10.2. The first-order valence-electron chi connectivity index (χ1n) is 43.9. The third-order valence-electron chi connectivity index (χ3n) is 19.2. The van der Waals surface area contributed by atoms with Gasteiger partial charge < -0.3 is 116 Å². The molecule has 1 saturated carbocycles. The number of halogens is 4. The monoisotopic (exact) mass is 2370 g/mol. The van der Waals surface area contributed by atoms with Crippen LogP contribution in [-0.2, 0) is 159 Å². The fraction of sp³-hybridized carbons (Fsp3) is 0.372. The smallest absolute Gasteiger partial charge is 0.434 e. The summed E-state index contributed by atoms with van der Waals surface area (Å²) in [6.45, 7) is 5.65. The lowest BCUT2D eigenvalue weighted by Crippen LogP contribution is -2.17. The van der Waals surface area contributed by atoms with Crippen LogP contribution in [0.25, 0.3) is 44.7 Å². The number of benzene rings is 5. The zero-order valence-corrected chi connectivity index (χ0v) is 88.3. The average molecular weight is 2370 g/mol. The first-order chi connectivity index (χ1) is 69.9. The molecule has 4 unspecified atom stereocenters. The highest BCUT2D eigenvalue weighted by molar-refractivity contribution is 9.11. The largest absolute Gasteiger partial charge is 0.515 e. The lowest BCUT2D eigenvalue weighted by molar-refractivity contribution is -0.0215. The molecule has 13 aromatic rings. The first-order valence-corrected chi connectivity index (χ1v) is 54.0. The summed E-state index contributed by atoms with van der Waals surface area (Å²) >= 11 is 13.5. The molecule has 52 nitrogen and oxygen atoms in total. The van der Waals surface area contributed by atoms with Crippen molar-refractivity contribution in [3.63, 3.8) is 0 Å². The van der Waals surface area contributed by atoms with Gasteiger partial charge in [0.25, 0.3) is 22.2 Å². The van der Waals surface area contributed by atoms with Crippen LogP contribution >= 0.6 is 94.1 Å². The van der Waals surface area contributed by atoms with Crippen molar-refractivity contribution in [3.05, 3.63) is 234 Å². The van der Waals surface area contributed by atoms with E-state index in [0.29, 0.717) is 11.3 Å². The predicted molar refractivity (Wildman–Crippen MR) is 537 cm³/mol. The van der Waals surface area contributed by atoms with E-state index in [0.717, 1.165) is 65.8 Å². The summed E-state index contributed by atoms with van der Waals surface area (Å²) in [5.41, 5.74) is 25.2. The van der Waals surface area contributed by atoms with Crippen molar-refractivity contribution in [1.82, 2.24) is 78.1 Å². The fourth-order valence-corrected chi connectivity index (χ4v) is 18.8. The van der Waals surface area contributed by atoms with Gasteiger partial charge in [0.2, 0.25) is 51.0 Å². The normalized spacial score (nSPS) is 13.7. The highest BCUT2D eigenvalue weighted by Crippen LogP contribution is 2.52. The summed E-state index contributed by atoms with van der Waals surface area (Å²) < 4.78 is 168. The Labute approximate surface area is 862 Å². The van der Waals surface area contributed by atoms with E-state index in [1.807, 2.05) is 50.2 Å². The number of anilines is 4. The van der Waals surface area contributed by atoms with Crippen LogP contribution in [0.15, 0.2) is 190 Å². The number of hydrogen-bond donors (Lipinski definition) is 8. The Kier molecular flexibility index (Phi) is 44.6. The minimum absolute atomic E-state index is 0.0231. The molecule has 0 bridgehead atoms. The van der Waals surface area contributed by atoms with E-state index in [4.69, 9.17) is 116 Å². The molecule has 60 heteroatoms. The summed E-state index contributed by atoms with van der Waals surface area (Å²) in [7, 11) is -15.4. The quantitative estimate of drug-likeness (QED) is 0.00438. The molecule has 4 atom stereocenters. The lowest BCUT2D eigenvalue weighted by Gasteiger charge is -2.19. The van der Waals surface area contributed by atoms with E-state index in [1.54, 1.807) is 123 Å². The van der Waals surface area contributed by atoms with Crippen LogP contribution in [0, 0.1) is 5.92 Å². The van der Waals surface area contributed by atoms with Gasteiger partial charge in [0.1, 0.15) is 37.2 Å². The molecule has 12 N–H and O–H groups in total. The summed E-state index contributed by atoms with van der Waals surface area (Å²) in [6.07, 6.45) is 3.18. The first kappa shape index (κ1) is 114. The Morgan fingerprint density at radius 3 is 0.973 bits per heavy atom. The molecule has 0 spiro atoms. The topological polar surface area (TPSA) is 680 Å². The molecule has 8 heterocycles. The average Bonchev–Trinajstić information content (AvgIpc) is 1.67. The van der Waals surface area contributed by atoms with Crippen LogP contribution in [0.5, 0.6) is 5.75 Å². The van der Waals surface area contributed by atoms with Crippen molar-refractivity contribution in [3.8, 4) is 5.75 Å². The molecule has 0 aliphatic heterocycles. The third-order valence-corrected chi connectivity index (χ3v) is 27.3. The Morgan fingerprint density at radius 2 is 0.678 bits per heavy atom. The van der Waals surface area contributed by atoms with Crippen LogP contribution in [0.1, 0.15) is 75.6 Å². The number of imidazole rings is 4. The number of nitrogens with one attached hydrogen (secondary N) is 4. The highest BCUT2D eigenvalue weighted by atomic mass is 79.9. The summed E-state index contributed by atoms with van der Waals surface area (Å²) in [5.74, 6) is 0.241. The molecule has 1 aliphatic carbocycles. The second kappa shape index (κ2) is 56.9. The van der Waals surface area contributed by atoms with Crippen molar-refractivity contribution >= 4 is 187 Å². The molecule has 0 amide bonds. The maximum Gasteiger partial charge on any atom is 0.515 e. The number of carbonyl (C=O) groups is 4. The van der Waals surface area contributed by atoms with Crippen molar-refractivity contribution in [1.29, 1.82) is 0 Å². The Morgan fingerprint density at radius 1 is 0.384 bits per heavy atom. The van der Waals surface area contributed by atoms with Crippen LogP contribution < -0.4 is 49.9 Å². The SMILES string of the molecule is CC(C)COC(=O)OCOP(=O)(COCCn1cnc2c(=O)[nH]c(N)nc21)OCc1cccc(Br)c1.CC(C)OC(=O)OCOP(=O)(COCCn1cnc2c(=O)[nH]c(N)nc21)OCc1cccc(Br)c1.Nc1nc2c(ncn2CCOCP(=O)(OCOC(=O)OC2CCCC2)OCc2cccc(Br)c2)c(=O)[nH]1.Nc1nc2c(ncn2CCOCP(=O)(OCOC(=O)Oc2ccccc2)OCc2cccc(Br)c2)c(=O)[nH]1. The number of nitrogen functional groups attached to an aromatic ring is 4. The second-order valence-electron chi connectivity index (χ2n) is 31.3. The molecule has 5 aromatic carbocycles. The maximum absolute atomic E-state index is 13.4. The van der Waals surface area contributed by atoms with Gasteiger partial charge in [-0.05, 0) is 128 Å². The van der Waals surface area contributed by atoms with Gasteiger partial charge in [0.15, 0.2) is 44.7 Å². The maximum atomic E-state index is 13.4. The zero-order chi connectivity index (χ0) is 105. The predicted octanol–water partition coefficient (Wildman–Crippen LogP) is 15.0. The minimum atomic E-state index is -3.89. The zero-order valence-electron chi connectivity index (χ0n) is 78.4. The minimum Gasteiger partial charge on any atom is -0.434 e. The molecule has 14 rings (SSSR count). The van der Waals surface area contributed by atoms with Gasteiger partial charge in [-0.3, -0.25) is 75.5 Å². The Hall–Kier alpha value is -11.9. The number of nitrogens with zero attached hydrogens (tertiary/aromatic N) is 12. The molecular weight excluding hydrogens is 2270 g/mol. The molecule has 1 aliphatic rings. The van der Waals surface area contributed by atoms with E-state index in [1.165, 1.54) is 25.3 Å². The van der Waals surface area contributed by atoms with E-state index in [9.17, 15) is 56.6 Å². The standard InChI is InChI=1S/C23H23BrN5O8P.C22H27BrN5O8P.C21H27BrN5O8P.C20H25BrN5O8P/c24-17-6-4-5-16(11-17)12-35-38(32,36-14-34-23(31)37-18-7-2-1-3-8-18)15-33-10-9-29-13-26-19-20(29)27-22(25)28-21(19)30;23-16-5-3-4-15(10-16)11-34-37(31,35-13-33-22(30)36-17-6-1-2-7-17)14-32-9-8-28-12-25-18-19(28)26-21(24)27-20(18)29;1-14(2)9-32-21(29)33-12-35-36(30,34-10-15-4-3-5-16(22)8-15)13-31-7-6-27-11-24-17-18(27)25-20(23)26-19(17)28;1-13(2)34-20(28)31-11-33-35(29,32-9-14-4-3-5-15(21)8-14)12-30-7-6-26-10-23-16-17(26)24-19(22)25-18(16)27/h1-8,11,13H,9-10,12,14-15H2,(H3,25,27,28,30);3-5,10,12,17H,1-2,6-9,11,13-14H2,(H3,24,26,27,29);3-5,8,11,14H,6-7,9-10,12-13H2,1-2H3,(H3,23,25,26,28);3-5,8,10,13H,6-7,9,11-12H2,1-2H3,(H3,22,24,25,27). The van der Waals surface area contributed by atoms with Crippen molar-refractivity contribution in [2.75, 3.05) is 109 Å². The number of rotatable bonds is 49. The number of aromatic nitrogens is 16. The van der Waals surface area contributed by atoms with Crippen LogP contribution in [0.3, 0.4) is 0 Å². The van der Waals surface area contributed by atoms with Crippen LogP contribution in [0.2, 0.25) is 0 Å². The van der Waals surface area contributed by atoms with Crippen molar-refractivity contribution < 1.29 is 130 Å². The van der Waals surface area contributed by atoms with E-state index in [-0.39, 0.29) is 167 Å². The van der Waals surface area contributed by atoms with Gasteiger partial charge in [0.05, 0.1) is 90.9 Å². The van der Waals surface area contributed by atoms with Gasteiger partial charge in [-0.2, -0.15) is 19.9 Å². The Bertz CT molecular complexity index is 7000. The van der Waals surface area contributed by atoms with Gasteiger partial charge in [-0.15, -0.1) is 0 Å².